The van der Waals surface area contributed by atoms with Crippen LogP contribution in [0.25, 0.3) is 16.7 Å². The van der Waals surface area contributed by atoms with Crippen molar-refractivity contribution >= 4 is 22.6 Å². The molecule has 0 saturated carbocycles. The Labute approximate surface area is 187 Å². The quantitative estimate of drug-likeness (QED) is 0.454. The van der Waals surface area contributed by atoms with Crippen LogP contribution in [0, 0.1) is 13.8 Å². The number of benzene rings is 2. The molecule has 0 radical (unpaired) electrons. The fourth-order valence-corrected chi connectivity index (χ4v) is 3.56. The largest absolute Gasteiger partial charge is 0.494 e. The molecule has 32 heavy (non-hydrogen) atoms. The molecule has 0 bridgehead atoms. The molecule has 0 spiro atoms. The Morgan fingerprint density at radius 1 is 1.09 bits per heavy atom. The number of ether oxygens (including phenoxy) is 2. The van der Waals surface area contributed by atoms with E-state index in [2.05, 4.69) is 15.4 Å². The molecule has 7 nitrogen and oxygen atoms in total. The van der Waals surface area contributed by atoms with Crippen molar-refractivity contribution in [3.63, 3.8) is 0 Å². The number of amides is 1. The van der Waals surface area contributed by atoms with Gasteiger partial charge >= 0.3 is 0 Å². The van der Waals surface area contributed by atoms with E-state index < -0.39 is 6.10 Å². The summed E-state index contributed by atoms with van der Waals surface area (Å²) in [5, 5.41) is 8.50. The summed E-state index contributed by atoms with van der Waals surface area (Å²) >= 11 is 0. The number of nitrogens with one attached hydrogen (secondary N) is 1. The molecule has 0 aliphatic carbocycles. The highest BCUT2D eigenvalue weighted by molar-refractivity contribution is 5.94. The van der Waals surface area contributed by atoms with Gasteiger partial charge in [-0.15, -0.1) is 0 Å². The summed E-state index contributed by atoms with van der Waals surface area (Å²) in [6.07, 6.45) is -0.736. The molecule has 2 heterocycles. The zero-order valence-electron chi connectivity index (χ0n) is 18.6. The monoisotopic (exact) mass is 430 g/mol. The van der Waals surface area contributed by atoms with Crippen LogP contribution in [0.4, 0.5) is 5.69 Å². The lowest BCUT2D eigenvalue weighted by molar-refractivity contribution is -0.122. The van der Waals surface area contributed by atoms with Gasteiger partial charge in [0.2, 0.25) is 5.88 Å². The first-order valence-electron chi connectivity index (χ1n) is 10.6. The van der Waals surface area contributed by atoms with Crippen molar-refractivity contribution in [2.24, 2.45) is 0 Å². The van der Waals surface area contributed by atoms with Crippen LogP contribution in [0.5, 0.6) is 11.6 Å². The van der Waals surface area contributed by atoms with Gasteiger partial charge < -0.3 is 14.8 Å². The van der Waals surface area contributed by atoms with Gasteiger partial charge in [-0.3, -0.25) is 4.79 Å². The molecule has 4 aromatic rings. The van der Waals surface area contributed by atoms with E-state index in [4.69, 9.17) is 9.47 Å². The normalized spacial score (nSPS) is 11.9. The predicted molar refractivity (Wildman–Crippen MR) is 125 cm³/mol. The van der Waals surface area contributed by atoms with E-state index in [0.717, 1.165) is 28.1 Å². The van der Waals surface area contributed by atoms with Crippen LogP contribution in [0.1, 0.15) is 25.1 Å². The molecular formula is C25H26N4O3. The van der Waals surface area contributed by atoms with Crippen LogP contribution in [-0.2, 0) is 4.79 Å². The highest BCUT2D eigenvalue weighted by Gasteiger charge is 2.19. The molecule has 0 saturated heterocycles. The molecule has 2 aromatic carbocycles. The summed E-state index contributed by atoms with van der Waals surface area (Å²) in [7, 11) is 0. The average molecular weight is 431 g/mol. The van der Waals surface area contributed by atoms with E-state index in [1.165, 1.54) is 0 Å². The smallest absolute Gasteiger partial charge is 0.265 e. The number of aromatic nitrogens is 3. The van der Waals surface area contributed by atoms with Crippen LogP contribution in [0.2, 0.25) is 0 Å². The number of hydrogen-bond donors (Lipinski definition) is 1. The molecule has 164 valence electrons. The topological polar surface area (TPSA) is 78.3 Å². The van der Waals surface area contributed by atoms with Gasteiger partial charge in [0, 0.05) is 17.1 Å². The third-order valence-electron chi connectivity index (χ3n) is 5.09. The number of rotatable bonds is 7. The highest BCUT2D eigenvalue weighted by Crippen LogP contribution is 2.27. The number of fused-ring (bicyclic) bond motifs is 1. The van der Waals surface area contributed by atoms with Gasteiger partial charge in [-0.05, 0) is 69.7 Å². The first-order valence-corrected chi connectivity index (χ1v) is 10.6. The number of para-hydroxylation sites is 1. The van der Waals surface area contributed by atoms with Crippen LogP contribution < -0.4 is 14.8 Å². The Morgan fingerprint density at radius 2 is 1.81 bits per heavy atom. The van der Waals surface area contributed by atoms with Gasteiger partial charge in [-0.2, -0.15) is 10.1 Å². The maximum Gasteiger partial charge on any atom is 0.265 e. The van der Waals surface area contributed by atoms with Crippen LogP contribution in [0.15, 0.2) is 60.7 Å². The Bertz CT molecular complexity index is 1230. The molecule has 1 atom stereocenters. The van der Waals surface area contributed by atoms with E-state index in [-0.39, 0.29) is 5.91 Å². The molecule has 7 heteroatoms. The van der Waals surface area contributed by atoms with Crippen molar-refractivity contribution in [2.75, 3.05) is 11.9 Å². The predicted octanol–water partition coefficient (Wildman–Crippen LogP) is 4.84. The van der Waals surface area contributed by atoms with Crippen molar-refractivity contribution in [2.45, 2.75) is 33.8 Å². The van der Waals surface area contributed by atoms with Crippen LogP contribution in [0.3, 0.4) is 0 Å². The number of pyridine rings is 1. The summed E-state index contributed by atoms with van der Waals surface area (Å²) in [4.78, 5) is 17.3. The lowest BCUT2D eigenvalue weighted by Crippen LogP contribution is -2.30. The van der Waals surface area contributed by atoms with Gasteiger partial charge in [-0.1, -0.05) is 18.2 Å². The van der Waals surface area contributed by atoms with Crippen LogP contribution in [-0.4, -0.2) is 33.4 Å². The van der Waals surface area contributed by atoms with Gasteiger partial charge in [0.25, 0.3) is 5.91 Å². The second kappa shape index (κ2) is 9.09. The SMILES string of the molecule is CCOc1ccc(NC(=O)[C@H](C)Oc2cc(C)c3c(C)nn(-c4ccccc4)c3n2)cc1. The number of carbonyl (C=O) groups is 1. The molecule has 1 N–H and O–H groups in total. The molecule has 0 aliphatic heterocycles. The fourth-order valence-electron chi connectivity index (χ4n) is 3.56. The Balaban J connectivity index is 1.55. The third-order valence-corrected chi connectivity index (χ3v) is 5.09. The van der Waals surface area contributed by atoms with E-state index in [9.17, 15) is 4.79 Å². The lowest BCUT2D eigenvalue weighted by atomic mass is 10.1. The van der Waals surface area contributed by atoms with Gasteiger partial charge in [0.1, 0.15) is 5.75 Å². The molecule has 4 rings (SSSR count). The van der Waals surface area contributed by atoms with E-state index in [1.807, 2.05) is 69.3 Å². The molecule has 0 aliphatic rings. The Hall–Kier alpha value is -3.87. The number of aryl methyl sites for hydroxylation is 2. The average Bonchev–Trinajstić information content (AvgIpc) is 3.12. The van der Waals surface area contributed by atoms with E-state index in [0.29, 0.717) is 23.8 Å². The molecule has 0 fully saturated rings. The zero-order valence-corrected chi connectivity index (χ0v) is 18.6. The van der Waals surface area contributed by atoms with Crippen molar-refractivity contribution in [3.8, 4) is 17.3 Å². The second-order valence-corrected chi connectivity index (χ2v) is 7.52. The number of hydrogen-bond acceptors (Lipinski definition) is 5. The number of nitrogens with zero attached hydrogens (tertiary/aromatic N) is 3. The zero-order chi connectivity index (χ0) is 22.7. The highest BCUT2D eigenvalue weighted by atomic mass is 16.5. The Kier molecular flexibility index (Phi) is 6.07. The lowest BCUT2D eigenvalue weighted by Gasteiger charge is -2.15. The molecular weight excluding hydrogens is 404 g/mol. The Morgan fingerprint density at radius 3 is 2.50 bits per heavy atom. The third kappa shape index (κ3) is 4.42. The standard InChI is InChI=1S/C25H26N4O3/c1-5-31-21-13-11-19(12-14-21)26-25(30)18(4)32-22-15-16(2)23-17(3)28-29(24(23)27-22)20-9-7-6-8-10-20/h6-15,18H,5H2,1-4H3,(H,26,30)/t18-/m0/s1. The van der Waals surface area contributed by atoms with Gasteiger partial charge in [0.15, 0.2) is 11.8 Å². The first-order chi connectivity index (χ1) is 15.5. The van der Waals surface area contributed by atoms with Crippen molar-refractivity contribution in [3.05, 3.63) is 71.9 Å². The minimum atomic E-state index is -0.736. The fraction of sp³-hybridized carbons (Fsp3) is 0.240. The molecule has 0 unspecified atom stereocenters. The summed E-state index contributed by atoms with van der Waals surface area (Å²) < 4.78 is 13.1. The molecule has 2 aromatic heterocycles. The van der Waals surface area contributed by atoms with Crippen molar-refractivity contribution in [1.82, 2.24) is 14.8 Å². The van der Waals surface area contributed by atoms with Crippen molar-refractivity contribution in [1.29, 1.82) is 0 Å². The van der Waals surface area contributed by atoms with Gasteiger partial charge in [0.05, 0.1) is 18.0 Å². The summed E-state index contributed by atoms with van der Waals surface area (Å²) in [5.41, 5.74) is 4.16. The second-order valence-electron chi connectivity index (χ2n) is 7.52. The molecule has 1 amide bonds. The minimum absolute atomic E-state index is 0.263. The van der Waals surface area contributed by atoms with Gasteiger partial charge in [-0.25, -0.2) is 4.68 Å². The number of anilines is 1. The van der Waals surface area contributed by atoms with Crippen LogP contribution >= 0.6 is 0 Å². The minimum Gasteiger partial charge on any atom is -0.494 e. The van der Waals surface area contributed by atoms with Crippen molar-refractivity contribution < 1.29 is 14.3 Å². The maximum atomic E-state index is 12.7. The maximum absolute atomic E-state index is 12.7. The van der Waals surface area contributed by atoms with E-state index >= 15 is 0 Å². The summed E-state index contributed by atoms with van der Waals surface area (Å²) in [6.45, 7) is 8.17. The summed E-state index contributed by atoms with van der Waals surface area (Å²) in [6, 6.07) is 18.9. The summed E-state index contributed by atoms with van der Waals surface area (Å²) in [5.74, 6) is 0.871. The van der Waals surface area contributed by atoms with E-state index in [1.54, 1.807) is 23.7 Å². The number of carbonyl (C=O) groups excluding carboxylic acids is 1. The first kappa shape index (κ1) is 21.4.